The highest BCUT2D eigenvalue weighted by molar-refractivity contribution is 9.10. The first-order chi connectivity index (χ1) is 9.11. The number of benzene rings is 1. The van der Waals surface area contributed by atoms with Gasteiger partial charge in [0, 0.05) is 29.5 Å². The quantitative estimate of drug-likeness (QED) is 0.870. The molecule has 0 aromatic heterocycles. The molecule has 104 valence electrons. The topological polar surface area (TPSA) is 50.4 Å². The molecule has 0 fully saturated rings. The summed E-state index contributed by atoms with van der Waals surface area (Å²) in [6.45, 7) is 5.80. The first kappa shape index (κ1) is 14.3. The molecule has 1 aromatic rings. The highest BCUT2D eigenvalue weighted by atomic mass is 79.9. The molecule has 1 heterocycles. The molecular formula is C14H19BrN2O2. The van der Waals surface area contributed by atoms with E-state index >= 15 is 0 Å². The van der Waals surface area contributed by atoms with Gasteiger partial charge < -0.3 is 15.4 Å². The second kappa shape index (κ2) is 6.39. The average molecular weight is 327 g/mol. The van der Waals surface area contributed by atoms with Gasteiger partial charge in [-0.15, -0.1) is 0 Å². The number of fused-ring (bicyclic) bond motifs is 1. The molecular weight excluding hydrogens is 308 g/mol. The van der Waals surface area contributed by atoms with Crippen molar-refractivity contribution < 1.29 is 9.53 Å². The highest BCUT2D eigenvalue weighted by Crippen LogP contribution is 2.32. The molecule has 0 saturated carbocycles. The summed E-state index contributed by atoms with van der Waals surface area (Å²) in [6, 6.07) is 3.93. The van der Waals surface area contributed by atoms with E-state index in [2.05, 4.69) is 32.6 Å². The number of rotatable bonds is 5. The summed E-state index contributed by atoms with van der Waals surface area (Å²) in [7, 11) is 0. The normalized spacial score (nSPS) is 14.7. The van der Waals surface area contributed by atoms with Gasteiger partial charge in [0.05, 0.1) is 12.6 Å². The highest BCUT2D eigenvalue weighted by Gasteiger charge is 2.18. The van der Waals surface area contributed by atoms with Crippen molar-refractivity contribution in [1.29, 1.82) is 0 Å². The van der Waals surface area contributed by atoms with E-state index in [0.29, 0.717) is 13.1 Å². The van der Waals surface area contributed by atoms with Crippen LogP contribution >= 0.6 is 15.9 Å². The van der Waals surface area contributed by atoms with Crippen LogP contribution in [0.1, 0.15) is 25.0 Å². The molecule has 1 aliphatic heterocycles. The van der Waals surface area contributed by atoms with Gasteiger partial charge in [-0.25, -0.2) is 0 Å². The molecule has 5 heteroatoms. The smallest absolute Gasteiger partial charge is 0.236 e. The third kappa shape index (κ3) is 3.48. The van der Waals surface area contributed by atoms with Gasteiger partial charge in [0.25, 0.3) is 0 Å². The monoisotopic (exact) mass is 326 g/mol. The molecule has 1 atom stereocenters. The van der Waals surface area contributed by atoms with Crippen LogP contribution in [0.25, 0.3) is 0 Å². The minimum Gasteiger partial charge on any atom is -0.493 e. The van der Waals surface area contributed by atoms with Crippen molar-refractivity contribution in [2.24, 2.45) is 0 Å². The van der Waals surface area contributed by atoms with Gasteiger partial charge in [-0.3, -0.25) is 4.79 Å². The number of hydrogen-bond donors (Lipinski definition) is 2. The number of hydrogen-bond acceptors (Lipinski definition) is 3. The minimum atomic E-state index is -0.212. The van der Waals surface area contributed by atoms with Crippen LogP contribution in [0.15, 0.2) is 16.6 Å². The molecule has 0 spiro atoms. The maximum atomic E-state index is 11.7. The first-order valence-corrected chi connectivity index (χ1v) is 7.36. The lowest BCUT2D eigenvalue weighted by Crippen LogP contribution is -2.41. The Morgan fingerprint density at radius 1 is 1.53 bits per heavy atom. The van der Waals surface area contributed by atoms with Crippen LogP contribution in [-0.4, -0.2) is 25.1 Å². The van der Waals surface area contributed by atoms with E-state index in [1.807, 2.05) is 19.9 Å². The molecule has 0 radical (unpaired) electrons. The van der Waals surface area contributed by atoms with E-state index in [-0.39, 0.29) is 11.9 Å². The Hall–Kier alpha value is -1.07. The van der Waals surface area contributed by atoms with E-state index < -0.39 is 0 Å². The zero-order valence-electron chi connectivity index (χ0n) is 11.3. The molecule has 4 nitrogen and oxygen atoms in total. The van der Waals surface area contributed by atoms with E-state index in [9.17, 15) is 4.79 Å². The molecule has 19 heavy (non-hydrogen) atoms. The minimum absolute atomic E-state index is 0.0232. The maximum absolute atomic E-state index is 11.7. The van der Waals surface area contributed by atoms with Crippen molar-refractivity contribution in [3.05, 3.63) is 27.7 Å². The Morgan fingerprint density at radius 3 is 3.05 bits per heavy atom. The summed E-state index contributed by atoms with van der Waals surface area (Å²) in [4.78, 5) is 11.7. The standard InChI is InChI=1S/C14H19BrN2O2/c1-3-16-14(18)9(2)17-8-11-7-12(15)6-10-4-5-19-13(10)11/h6-7,9,17H,3-5,8H2,1-2H3,(H,16,18). The fraction of sp³-hybridized carbons (Fsp3) is 0.500. The third-order valence-corrected chi connectivity index (χ3v) is 3.63. The summed E-state index contributed by atoms with van der Waals surface area (Å²) in [5.74, 6) is 0.994. The van der Waals surface area contributed by atoms with Crippen LogP contribution in [0.3, 0.4) is 0 Å². The van der Waals surface area contributed by atoms with Crippen molar-refractivity contribution >= 4 is 21.8 Å². The van der Waals surface area contributed by atoms with Crippen molar-refractivity contribution in [1.82, 2.24) is 10.6 Å². The predicted octanol–water partition coefficient (Wildman–Crippen LogP) is 2.00. The summed E-state index contributed by atoms with van der Waals surface area (Å²) < 4.78 is 6.72. The Kier molecular flexibility index (Phi) is 4.82. The van der Waals surface area contributed by atoms with Gasteiger partial charge in [0.15, 0.2) is 0 Å². The van der Waals surface area contributed by atoms with Gasteiger partial charge in [-0.05, 0) is 31.5 Å². The van der Waals surface area contributed by atoms with E-state index in [0.717, 1.165) is 28.8 Å². The molecule has 1 amide bonds. The number of amides is 1. The number of carbonyl (C=O) groups is 1. The van der Waals surface area contributed by atoms with Gasteiger partial charge in [-0.1, -0.05) is 15.9 Å². The Labute approximate surface area is 122 Å². The molecule has 2 rings (SSSR count). The van der Waals surface area contributed by atoms with Crippen molar-refractivity contribution in [3.63, 3.8) is 0 Å². The Balaban J connectivity index is 2.02. The van der Waals surface area contributed by atoms with Gasteiger partial charge >= 0.3 is 0 Å². The average Bonchev–Trinajstić information content (AvgIpc) is 2.83. The number of nitrogens with one attached hydrogen (secondary N) is 2. The van der Waals surface area contributed by atoms with Crippen LogP contribution in [0.5, 0.6) is 5.75 Å². The summed E-state index contributed by atoms with van der Waals surface area (Å²) in [5, 5.41) is 6.03. The molecule has 0 aliphatic carbocycles. The van der Waals surface area contributed by atoms with Crippen LogP contribution in [0.2, 0.25) is 0 Å². The third-order valence-electron chi connectivity index (χ3n) is 3.17. The predicted molar refractivity (Wildman–Crippen MR) is 78.3 cm³/mol. The molecule has 0 bridgehead atoms. The van der Waals surface area contributed by atoms with Gasteiger partial charge in [0.2, 0.25) is 5.91 Å². The summed E-state index contributed by atoms with van der Waals surface area (Å²) >= 11 is 3.51. The van der Waals surface area contributed by atoms with Crippen LogP contribution in [0, 0.1) is 0 Å². The van der Waals surface area contributed by atoms with Gasteiger partial charge in [-0.2, -0.15) is 0 Å². The lowest BCUT2D eigenvalue weighted by Gasteiger charge is -2.15. The largest absolute Gasteiger partial charge is 0.493 e. The molecule has 2 N–H and O–H groups in total. The molecule has 0 saturated heterocycles. The fourth-order valence-corrected chi connectivity index (χ4v) is 2.71. The summed E-state index contributed by atoms with van der Waals surface area (Å²) in [6.07, 6.45) is 0.952. The zero-order valence-corrected chi connectivity index (χ0v) is 12.8. The second-order valence-corrected chi connectivity index (χ2v) is 5.56. The number of carbonyl (C=O) groups excluding carboxylic acids is 1. The molecule has 1 aliphatic rings. The van der Waals surface area contributed by atoms with Crippen molar-refractivity contribution in [3.8, 4) is 5.75 Å². The van der Waals surface area contributed by atoms with Crippen LogP contribution in [0.4, 0.5) is 0 Å². The Bertz CT molecular complexity index is 477. The number of ether oxygens (including phenoxy) is 1. The van der Waals surface area contributed by atoms with E-state index in [1.54, 1.807) is 0 Å². The van der Waals surface area contributed by atoms with Gasteiger partial charge in [0.1, 0.15) is 5.75 Å². The second-order valence-electron chi connectivity index (χ2n) is 4.65. The fourth-order valence-electron chi connectivity index (χ4n) is 2.16. The maximum Gasteiger partial charge on any atom is 0.236 e. The van der Waals surface area contributed by atoms with E-state index in [1.165, 1.54) is 5.56 Å². The molecule has 1 unspecified atom stereocenters. The number of likely N-dealkylation sites (N-methyl/N-ethyl adjacent to an activating group) is 1. The van der Waals surface area contributed by atoms with E-state index in [4.69, 9.17) is 4.74 Å². The van der Waals surface area contributed by atoms with Crippen molar-refractivity contribution in [2.75, 3.05) is 13.2 Å². The lowest BCUT2D eigenvalue weighted by atomic mass is 10.1. The zero-order chi connectivity index (χ0) is 13.8. The summed E-state index contributed by atoms with van der Waals surface area (Å²) in [5.41, 5.74) is 2.33. The number of halogens is 1. The lowest BCUT2D eigenvalue weighted by molar-refractivity contribution is -0.122. The van der Waals surface area contributed by atoms with Crippen molar-refractivity contribution in [2.45, 2.75) is 32.9 Å². The van der Waals surface area contributed by atoms with Crippen LogP contribution in [-0.2, 0) is 17.8 Å². The van der Waals surface area contributed by atoms with Crippen LogP contribution < -0.4 is 15.4 Å². The molecule has 1 aromatic carbocycles. The SMILES string of the molecule is CCNC(=O)C(C)NCc1cc(Br)cc2c1OCC2. The first-order valence-electron chi connectivity index (χ1n) is 6.57. The Morgan fingerprint density at radius 2 is 2.32 bits per heavy atom.